The van der Waals surface area contributed by atoms with Crippen LogP contribution in [0.1, 0.15) is 36.7 Å². The molecule has 4 nitrogen and oxygen atoms in total. The Morgan fingerprint density at radius 3 is 2.39 bits per heavy atom. The van der Waals surface area contributed by atoms with E-state index < -0.39 is 0 Å². The highest BCUT2D eigenvalue weighted by Crippen LogP contribution is 2.27. The molecular weight excluding hydrogens is 290 g/mol. The summed E-state index contributed by atoms with van der Waals surface area (Å²) in [6.07, 6.45) is 0. The van der Waals surface area contributed by atoms with Crippen LogP contribution in [0, 0.1) is 5.92 Å². The number of nitrogens with one attached hydrogen (secondary N) is 1. The van der Waals surface area contributed by atoms with Gasteiger partial charge in [-0.2, -0.15) is 0 Å². The molecule has 23 heavy (non-hydrogen) atoms. The quantitative estimate of drug-likeness (QED) is 0.818. The Morgan fingerprint density at radius 2 is 1.78 bits per heavy atom. The van der Waals surface area contributed by atoms with E-state index in [0.29, 0.717) is 23.6 Å². The van der Waals surface area contributed by atoms with Gasteiger partial charge in [-0.25, -0.2) is 0 Å². The predicted molar refractivity (Wildman–Crippen MR) is 90.7 cm³/mol. The lowest BCUT2D eigenvalue weighted by molar-refractivity contribution is -0.118. The van der Waals surface area contributed by atoms with Gasteiger partial charge < -0.3 is 10.1 Å². The highest BCUT2D eigenvalue weighted by molar-refractivity contribution is 5.98. The number of rotatable bonds is 6. The second kappa shape index (κ2) is 7.58. The van der Waals surface area contributed by atoms with Crippen molar-refractivity contribution >= 4 is 17.4 Å². The highest BCUT2D eigenvalue weighted by atomic mass is 16.5. The van der Waals surface area contributed by atoms with Crippen molar-refractivity contribution in [2.75, 3.05) is 5.32 Å². The van der Waals surface area contributed by atoms with E-state index in [1.54, 1.807) is 18.2 Å². The van der Waals surface area contributed by atoms with Crippen molar-refractivity contribution in [3.63, 3.8) is 0 Å². The first-order valence-corrected chi connectivity index (χ1v) is 7.60. The zero-order chi connectivity index (χ0) is 16.8. The fourth-order valence-electron chi connectivity index (χ4n) is 1.98. The summed E-state index contributed by atoms with van der Waals surface area (Å²) >= 11 is 0. The number of anilines is 1. The maximum Gasteiger partial charge on any atom is 0.227 e. The van der Waals surface area contributed by atoms with Crippen LogP contribution in [-0.4, -0.2) is 11.7 Å². The van der Waals surface area contributed by atoms with Crippen LogP contribution in [0.2, 0.25) is 0 Å². The van der Waals surface area contributed by atoms with Gasteiger partial charge in [0.2, 0.25) is 5.91 Å². The number of carbonyl (C=O) groups is 2. The molecule has 2 rings (SSSR count). The summed E-state index contributed by atoms with van der Waals surface area (Å²) in [5.74, 6) is 0.223. The number of amides is 1. The lowest BCUT2D eigenvalue weighted by atomic mass is 10.1. The number of Topliss-reactive ketones (excluding diaryl/α,β-unsaturated/α-hetero) is 1. The van der Waals surface area contributed by atoms with E-state index in [2.05, 4.69) is 5.32 Å². The van der Waals surface area contributed by atoms with Crippen LogP contribution < -0.4 is 10.1 Å². The summed E-state index contributed by atoms with van der Waals surface area (Å²) < 4.78 is 5.81. The SMILES string of the molecule is CC(=O)c1ccc(OCc2ccccc2)c(NC(=O)C(C)C)c1. The van der Waals surface area contributed by atoms with Crippen molar-refractivity contribution in [3.05, 3.63) is 59.7 Å². The maximum atomic E-state index is 12.0. The predicted octanol–water partition coefficient (Wildman–Crippen LogP) is 4.06. The Bertz CT molecular complexity index is 693. The topological polar surface area (TPSA) is 55.4 Å². The van der Waals surface area contributed by atoms with Crippen molar-refractivity contribution in [2.24, 2.45) is 5.92 Å². The zero-order valence-corrected chi connectivity index (χ0v) is 13.6. The fourth-order valence-corrected chi connectivity index (χ4v) is 1.98. The summed E-state index contributed by atoms with van der Waals surface area (Å²) in [7, 11) is 0. The first-order valence-electron chi connectivity index (χ1n) is 7.60. The van der Waals surface area contributed by atoms with Crippen LogP contribution in [-0.2, 0) is 11.4 Å². The van der Waals surface area contributed by atoms with Crippen molar-refractivity contribution in [2.45, 2.75) is 27.4 Å². The van der Waals surface area contributed by atoms with Crippen molar-refractivity contribution in [1.82, 2.24) is 0 Å². The van der Waals surface area contributed by atoms with E-state index in [-0.39, 0.29) is 17.6 Å². The van der Waals surface area contributed by atoms with E-state index in [1.165, 1.54) is 6.92 Å². The number of ketones is 1. The second-order valence-corrected chi connectivity index (χ2v) is 5.69. The maximum absolute atomic E-state index is 12.0. The van der Waals surface area contributed by atoms with Gasteiger partial charge in [0.25, 0.3) is 0 Å². The van der Waals surface area contributed by atoms with Crippen LogP contribution in [0.25, 0.3) is 0 Å². The summed E-state index contributed by atoms with van der Waals surface area (Å²) in [6, 6.07) is 14.8. The molecule has 0 saturated heterocycles. The molecule has 0 aromatic heterocycles. The van der Waals surface area contributed by atoms with Gasteiger partial charge in [-0.3, -0.25) is 9.59 Å². The molecule has 1 N–H and O–H groups in total. The minimum atomic E-state index is -0.155. The zero-order valence-electron chi connectivity index (χ0n) is 13.6. The summed E-state index contributed by atoms with van der Waals surface area (Å²) in [5, 5.41) is 2.83. The molecule has 0 saturated carbocycles. The van der Waals surface area contributed by atoms with Gasteiger partial charge in [0.05, 0.1) is 5.69 Å². The van der Waals surface area contributed by atoms with Gasteiger partial charge in [0.1, 0.15) is 12.4 Å². The third kappa shape index (κ3) is 4.68. The molecule has 0 fully saturated rings. The smallest absolute Gasteiger partial charge is 0.227 e. The second-order valence-electron chi connectivity index (χ2n) is 5.69. The Balaban J connectivity index is 2.22. The van der Waals surface area contributed by atoms with E-state index in [1.807, 2.05) is 44.2 Å². The molecule has 1 amide bonds. The van der Waals surface area contributed by atoms with E-state index >= 15 is 0 Å². The van der Waals surface area contributed by atoms with Crippen LogP contribution in [0.4, 0.5) is 5.69 Å². The van der Waals surface area contributed by atoms with Crippen LogP contribution in [0.3, 0.4) is 0 Å². The first kappa shape index (κ1) is 16.7. The molecule has 0 radical (unpaired) electrons. The minimum Gasteiger partial charge on any atom is -0.487 e. The number of carbonyl (C=O) groups excluding carboxylic acids is 2. The number of hydrogen-bond donors (Lipinski definition) is 1. The third-order valence-electron chi connectivity index (χ3n) is 3.41. The molecule has 0 spiro atoms. The van der Waals surface area contributed by atoms with E-state index in [0.717, 1.165) is 5.56 Å². The van der Waals surface area contributed by atoms with Crippen molar-refractivity contribution < 1.29 is 14.3 Å². The Kier molecular flexibility index (Phi) is 5.52. The summed E-state index contributed by atoms with van der Waals surface area (Å²) in [6.45, 7) is 5.52. The van der Waals surface area contributed by atoms with Gasteiger partial charge in [0, 0.05) is 11.5 Å². The van der Waals surface area contributed by atoms with Crippen molar-refractivity contribution in [3.8, 4) is 5.75 Å². The standard InChI is InChI=1S/C19H21NO3/c1-13(2)19(22)20-17-11-16(14(3)21)9-10-18(17)23-12-15-7-5-4-6-8-15/h4-11,13H,12H2,1-3H3,(H,20,22). The highest BCUT2D eigenvalue weighted by Gasteiger charge is 2.13. The number of ether oxygens (including phenoxy) is 1. The normalized spacial score (nSPS) is 10.4. The average molecular weight is 311 g/mol. The van der Waals surface area contributed by atoms with Crippen LogP contribution in [0.15, 0.2) is 48.5 Å². The van der Waals surface area contributed by atoms with Crippen LogP contribution >= 0.6 is 0 Å². The lowest BCUT2D eigenvalue weighted by Gasteiger charge is -2.15. The Labute approximate surface area is 136 Å². The van der Waals surface area contributed by atoms with Gasteiger partial charge in [-0.05, 0) is 30.7 Å². The Hall–Kier alpha value is -2.62. The fraction of sp³-hybridized carbons (Fsp3) is 0.263. The molecule has 0 unspecified atom stereocenters. The minimum absolute atomic E-state index is 0.0559. The molecule has 0 aliphatic carbocycles. The molecule has 0 aliphatic heterocycles. The van der Waals surface area contributed by atoms with Gasteiger partial charge in [-0.15, -0.1) is 0 Å². The van der Waals surface area contributed by atoms with E-state index in [9.17, 15) is 9.59 Å². The molecule has 0 aliphatic rings. The van der Waals surface area contributed by atoms with Crippen molar-refractivity contribution in [1.29, 1.82) is 0 Å². The summed E-state index contributed by atoms with van der Waals surface area (Å²) in [5.41, 5.74) is 2.09. The van der Waals surface area contributed by atoms with Gasteiger partial charge in [-0.1, -0.05) is 44.2 Å². The number of hydrogen-bond acceptors (Lipinski definition) is 3. The Morgan fingerprint density at radius 1 is 1.09 bits per heavy atom. The molecular formula is C19H21NO3. The monoisotopic (exact) mass is 311 g/mol. The molecule has 4 heteroatoms. The molecule has 120 valence electrons. The van der Waals surface area contributed by atoms with E-state index in [4.69, 9.17) is 4.74 Å². The molecule has 0 heterocycles. The molecule has 0 atom stereocenters. The molecule has 0 bridgehead atoms. The van der Waals surface area contributed by atoms with Gasteiger partial charge >= 0.3 is 0 Å². The number of benzene rings is 2. The third-order valence-corrected chi connectivity index (χ3v) is 3.41. The first-order chi connectivity index (χ1) is 11.0. The lowest BCUT2D eigenvalue weighted by Crippen LogP contribution is -2.18. The van der Waals surface area contributed by atoms with Crippen LogP contribution in [0.5, 0.6) is 5.75 Å². The molecule has 2 aromatic carbocycles. The molecule has 2 aromatic rings. The average Bonchev–Trinajstić information content (AvgIpc) is 2.54. The largest absolute Gasteiger partial charge is 0.487 e. The van der Waals surface area contributed by atoms with Gasteiger partial charge in [0.15, 0.2) is 5.78 Å². The summed E-state index contributed by atoms with van der Waals surface area (Å²) in [4.78, 5) is 23.5.